The lowest BCUT2D eigenvalue weighted by atomic mass is 10.1. The molecule has 0 bridgehead atoms. The van der Waals surface area contributed by atoms with Gasteiger partial charge in [0.25, 0.3) is 10.1 Å². The van der Waals surface area contributed by atoms with Crippen molar-refractivity contribution in [1.82, 2.24) is 0 Å². The Bertz CT molecular complexity index is 2520. The molecule has 0 aliphatic carbocycles. The number of aromatic carboxylic acids is 1. The number of carboxylic acids is 1. The third-order valence-electron chi connectivity index (χ3n) is 6.64. The summed E-state index contributed by atoms with van der Waals surface area (Å²) >= 11 is -2.57. The lowest BCUT2D eigenvalue weighted by molar-refractivity contribution is 0.0696. The Kier molecular flexibility index (Phi) is 11.7. The number of aromatic hydroxyl groups is 2. The van der Waals surface area contributed by atoms with Crippen molar-refractivity contribution in [3.8, 4) is 11.5 Å². The Morgan fingerprint density at radius 2 is 1.42 bits per heavy atom. The molecule has 4 aromatic rings. The maximum absolute atomic E-state index is 12.1. The van der Waals surface area contributed by atoms with Crippen LogP contribution in [-0.4, -0.2) is 57.5 Å². The van der Waals surface area contributed by atoms with E-state index < -0.39 is 87.0 Å². The molecule has 0 fully saturated rings. The highest BCUT2D eigenvalue weighted by Crippen LogP contribution is 2.47. The van der Waals surface area contributed by atoms with Crippen LogP contribution in [0.2, 0.25) is 0 Å². The van der Waals surface area contributed by atoms with Crippen molar-refractivity contribution in [2.45, 2.75) is 9.79 Å². The van der Waals surface area contributed by atoms with Crippen molar-refractivity contribution < 1.29 is 55.1 Å². The van der Waals surface area contributed by atoms with E-state index in [-0.39, 0.29) is 33.2 Å². The van der Waals surface area contributed by atoms with E-state index in [1.54, 1.807) is 0 Å². The number of hydrogen-bond acceptors (Lipinski definition) is 16. The summed E-state index contributed by atoms with van der Waals surface area (Å²) in [4.78, 5) is 22.0. The highest BCUT2D eigenvalue weighted by molar-refractivity contribution is 7.94. The second-order valence-corrected chi connectivity index (χ2v) is 14.4. The number of benzene rings is 4. The van der Waals surface area contributed by atoms with E-state index in [0.29, 0.717) is 11.5 Å². The molecule has 274 valence electrons. The van der Waals surface area contributed by atoms with Crippen molar-refractivity contribution >= 4 is 87.8 Å². The monoisotopic (exact) mass is 783 g/mol. The number of nitrogens with two attached hydrogens (primary N) is 1. The normalized spacial score (nSPS) is 12.6. The quantitative estimate of drug-likeness (QED) is 0.0478. The molecule has 1 unspecified atom stereocenters. The largest absolute Gasteiger partial charge is 0.768 e. The number of phenols is 2. The Hall–Kier alpha value is -6.53. The molecule has 7 N–H and O–H groups in total. The number of anilines is 1. The number of carbonyl (C=O) groups is 2. The fraction of sp³-hybridized carbons (Fsp3) is 0. The van der Waals surface area contributed by atoms with Gasteiger partial charge in [0.05, 0.1) is 27.5 Å². The molecule has 4 aromatic carbocycles. The van der Waals surface area contributed by atoms with Gasteiger partial charge in [-0.1, -0.05) is 25.3 Å². The van der Waals surface area contributed by atoms with Crippen molar-refractivity contribution in [2.24, 2.45) is 36.4 Å². The molecule has 0 heterocycles. The second-order valence-electron chi connectivity index (χ2n) is 10.1. The molecular formula is C30H23N8O12S3-. The molecule has 4 rings (SSSR count). The Morgan fingerprint density at radius 3 is 2.00 bits per heavy atom. The molecule has 0 saturated heterocycles. The minimum absolute atomic E-state index is 0.0877. The van der Waals surface area contributed by atoms with E-state index in [4.69, 9.17) is 5.73 Å². The molecule has 20 nitrogen and oxygen atoms in total. The summed E-state index contributed by atoms with van der Waals surface area (Å²) in [5.74, 6) is -3.39. The van der Waals surface area contributed by atoms with Crippen LogP contribution in [0, 0.1) is 0 Å². The highest BCUT2D eigenvalue weighted by atomic mass is 32.2. The molecule has 0 aliphatic heterocycles. The number of urea groups is 1. The van der Waals surface area contributed by atoms with Crippen LogP contribution in [0.3, 0.4) is 0 Å². The average molecular weight is 784 g/mol. The minimum atomic E-state index is -5.02. The van der Waals surface area contributed by atoms with Crippen LogP contribution in [0.15, 0.2) is 126 Å². The predicted octanol–water partition coefficient (Wildman–Crippen LogP) is 6.55. The molecule has 0 radical (unpaired) electrons. The van der Waals surface area contributed by atoms with Crippen LogP contribution >= 0.6 is 0 Å². The van der Waals surface area contributed by atoms with E-state index in [1.807, 2.05) is 0 Å². The first-order valence-electron chi connectivity index (χ1n) is 14.0. The minimum Gasteiger partial charge on any atom is -0.768 e. The van der Waals surface area contributed by atoms with Crippen LogP contribution in [0.25, 0.3) is 4.91 Å². The van der Waals surface area contributed by atoms with Crippen LogP contribution in [0.5, 0.6) is 11.5 Å². The van der Waals surface area contributed by atoms with Gasteiger partial charge in [-0.3, -0.25) is 8.76 Å². The summed E-state index contributed by atoms with van der Waals surface area (Å²) in [6.07, 6.45) is 0. The zero-order chi connectivity index (χ0) is 39.2. The van der Waals surface area contributed by atoms with Crippen LogP contribution in [-0.2, 0) is 31.0 Å². The summed E-state index contributed by atoms with van der Waals surface area (Å²) in [5.41, 5.74) is 2.73. The molecule has 23 heteroatoms. The summed E-state index contributed by atoms with van der Waals surface area (Å²) in [7, 11) is -9.12. The van der Waals surface area contributed by atoms with Crippen LogP contribution in [0.1, 0.15) is 15.9 Å². The zero-order valence-electron chi connectivity index (χ0n) is 26.4. The topological polar surface area (TPSA) is 336 Å². The first-order valence-corrected chi connectivity index (χ1v) is 18.0. The Labute approximate surface area is 301 Å². The number of carbonyl (C=O) groups excluding carboxylic acids is 1. The summed E-state index contributed by atoms with van der Waals surface area (Å²) in [5, 5.41) is 56.7. The van der Waals surface area contributed by atoms with E-state index in [9.17, 15) is 55.1 Å². The van der Waals surface area contributed by atoms with Gasteiger partial charge in [-0.15, -0.1) is 20.5 Å². The van der Waals surface area contributed by atoms with Gasteiger partial charge >= 0.3 is 12.0 Å². The van der Waals surface area contributed by atoms with Gasteiger partial charge in [-0.25, -0.2) is 18.0 Å². The predicted molar refractivity (Wildman–Crippen MR) is 187 cm³/mol. The highest BCUT2D eigenvalue weighted by Gasteiger charge is 2.23. The number of hydrogen-bond donors (Lipinski definition) is 6. The fourth-order valence-electron chi connectivity index (χ4n) is 4.09. The lowest BCUT2D eigenvalue weighted by Crippen LogP contribution is -2.19. The third-order valence-corrected chi connectivity index (χ3v) is 9.51. The summed E-state index contributed by atoms with van der Waals surface area (Å²) in [6, 6.07) is 11.2. The smallest absolute Gasteiger partial charge is 0.338 e. The van der Waals surface area contributed by atoms with Crippen molar-refractivity contribution in [3.05, 3.63) is 96.4 Å². The maximum atomic E-state index is 12.1. The van der Waals surface area contributed by atoms with Gasteiger partial charge in [0.15, 0.2) is 21.3 Å². The summed E-state index contributed by atoms with van der Waals surface area (Å²) < 4.78 is 80.2. The Morgan fingerprint density at radius 1 is 0.830 bits per heavy atom. The number of sulfone groups is 1. The number of carboxylic acid groups (broad SMARTS) is 1. The van der Waals surface area contributed by atoms with Crippen molar-refractivity contribution in [2.75, 3.05) is 5.32 Å². The summed E-state index contributed by atoms with van der Waals surface area (Å²) in [6.45, 7) is 6.57. The fourth-order valence-corrected chi connectivity index (χ4v) is 5.88. The zero-order valence-corrected chi connectivity index (χ0v) is 28.8. The first kappa shape index (κ1) is 39.3. The van der Waals surface area contributed by atoms with Gasteiger partial charge in [0, 0.05) is 10.3 Å². The molecular weight excluding hydrogens is 761 g/mol. The SMILES string of the molecule is C=CS(=O)(=O)c1ccc(N=Nc2ccc(N=Nc3c(O)cc(C(=O)O)c(N=Nc4ccc(C(=C)S(=O)[O-])cc4)c3O)cc2NC(N)=O)c(S(=O)(=O)O)c1. The number of phenolic OH excluding ortho intramolecular Hbond substituents is 2. The van der Waals surface area contributed by atoms with Crippen molar-refractivity contribution in [1.29, 1.82) is 0 Å². The van der Waals surface area contributed by atoms with Crippen LogP contribution < -0.4 is 11.1 Å². The van der Waals surface area contributed by atoms with Gasteiger partial charge in [0.1, 0.15) is 27.7 Å². The van der Waals surface area contributed by atoms with E-state index in [1.165, 1.54) is 36.4 Å². The van der Waals surface area contributed by atoms with Crippen LogP contribution in [0.4, 0.5) is 44.6 Å². The van der Waals surface area contributed by atoms with E-state index in [2.05, 4.69) is 49.2 Å². The molecule has 1 atom stereocenters. The third kappa shape index (κ3) is 9.43. The number of amides is 2. The van der Waals surface area contributed by atoms with E-state index >= 15 is 0 Å². The molecule has 0 saturated carbocycles. The van der Waals surface area contributed by atoms with Crippen molar-refractivity contribution in [3.63, 3.8) is 0 Å². The average Bonchev–Trinajstić information content (AvgIpc) is 3.09. The van der Waals surface area contributed by atoms with Gasteiger partial charge in [0.2, 0.25) is 0 Å². The van der Waals surface area contributed by atoms with Gasteiger partial charge in [-0.05, 0) is 71.2 Å². The number of primary amides is 1. The number of nitrogens with one attached hydrogen (secondary N) is 1. The number of rotatable bonds is 13. The molecule has 0 aromatic heterocycles. The lowest BCUT2D eigenvalue weighted by Gasteiger charge is -2.09. The standard InChI is InChI=1S/C30H24N8O12S3/c1-3-52(46,47)19-9-11-22(25(13-19)53(48,49)50)36-35-21-10-8-18(12-23(21)32-30(31)43)34-38-27-24(39)14-20(29(41)42)26(28(27)40)37-33-17-6-4-16(5-7-17)15(2)51(44)45/h3-14,39-40H,1-2H2,(H,41,42)(H,44,45)(H3,31,32,43)(H,48,49,50)/p-1. The van der Waals surface area contributed by atoms with E-state index in [0.717, 1.165) is 24.3 Å². The second kappa shape index (κ2) is 15.8. The molecule has 0 spiro atoms. The van der Waals surface area contributed by atoms with Gasteiger partial charge < -0.3 is 30.9 Å². The van der Waals surface area contributed by atoms with Gasteiger partial charge in [-0.2, -0.15) is 18.6 Å². The molecule has 2 amide bonds. The number of nitrogens with zero attached hydrogens (tertiary/aromatic N) is 6. The maximum Gasteiger partial charge on any atom is 0.338 e. The first-order chi connectivity index (χ1) is 24.8. The molecule has 0 aliphatic rings. The molecule has 53 heavy (non-hydrogen) atoms. The Balaban J connectivity index is 1.71. The number of azo groups is 3.